The monoisotopic (exact) mass is 667 g/mol. The number of halogens is 4. The first-order chi connectivity index (χ1) is 17.5. The lowest BCUT2D eigenvalue weighted by Crippen LogP contribution is -2.54. The second kappa shape index (κ2) is 11.0. The molecule has 0 spiro atoms. The van der Waals surface area contributed by atoms with Gasteiger partial charge in [-0.25, -0.2) is 9.69 Å². The Morgan fingerprint density at radius 2 is 1.62 bits per heavy atom. The van der Waals surface area contributed by atoms with Crippen LogP contribution in [-0.4, -0.2) is 22.8 Å². The van der Waals surface area contributed by atoms with Gasteiger partial charge in [-0.1, -0.05) is 23.2 Å². The fourth-order valence-corrected chi connectivity index (χ4v) is 5.10. The minimum atomic E-state index is -0.914. The van der Waals surface area contributed by atoms with Gasteiger partial charge in [0.1, 0.15) is 17.9 Å². The van der Waals surface area contributed by atoms with Crippen LogP contribution in [0.3, 0.4) is 0 Å². The van der Waals surface area contributed by atoms with Crippen molar-refractivity contribution in [3.8, 4) is 5.75 Å². The van der Waals surface area contributed by atoms with Gasteiger partial charge >= 0.3 is 6.03 Å². The van der Waals surface area contributed by atoms with Crippen molar-refractivity contribution in [3.63, 3.8) is 0 Å². The summed E-state index contributed by atoms with van der Waals surface area (Å²) < 4.78 is 6.87. The van der Waals surface area contributed by atoms with Gasteiger partial charge in [0.05, 0.1) is 29.6 Å². The van der Waals surface area contributed by atoms with Crippen molar-refractivity contribution < 1.29 is 24.0 Å². The van der Waals surface area contributed by atoms with E-state index < -0.39 is 22.8 Å². The topological polar surface area (TPSA) is 119 Å². The number of non-ortho nitro benzene ring substituents is 1. The molecule has 13 heteroatoms. The SMILES string of the molecule is O=C1NC(=O)N(c2ccc(Cl)c(Cl)c2)C(=O)/C1=C/c1cc(Br)c(OCc2ccc([N+](=O)[O-])cc2)c(Br)c1. The average Bonchev–Trinajstić information content (AvgIpc) is 2.83. The number of hydrogen-bond acceptors (Lipinski definition) is 6. The fourth-order valence-electron chi connectivity index (χ4n) is 3.35. The molecule has 1 saturated heterocycles. The molecule has 1 heterocycles. The number of nitrogens with zero attached hydrogens (tertiary/aromatic N) is 2. The summed E-state index contributed by atoms with van der Waals surface area (Å²) in [5.41, 5.74) is 1.02. The van der Waals surface area contributed by atoms with E-state index in [4.69, 9.17) is 27.9 Å². The highest BCUT2D eigenvalue weighted by Crippen LogP contribution is 2.36. The van der Waals surface area contributed by atoms with E-state index in [1.54, 1.807) is 24.3 Å². The zero-order valence-electron chi connectivity index (χ0n) is 18.3. The number of ether oxygens (including phenoxy) is 1. The Balaban J connectivity index is 1.58. The van der Waals surface area contributed by atoms with Crippen LogP contribution in [0.1, 0.15) is 11.1 Å². The molecule has 0 aliphatic carbocycles. The summed E-state index contributed by atoms with van der Waals surface area (Å²) in [5, 5.41) is 13.3. The van der Waals surface area contributed by atoms with Gasteiger partial charge in [0.15, 0.2) is 0 Å². The molecule has 0 atom stereocenters. The molecule has 0 unspecified atom stereocenters. The number of hydrogen-bond donors (Lipinski definition) is 1. The van der Waals surface area contributed by atoms with Crippen LogP contribution in [0.5, 0.6) is 5.75 Å². The summed E-state index contributed by atoms with van der Waals surface area (Å²) >= 11 is 18.8. The summed E-state index contributed by atoms with van der Waals surface area (Å²) in [4.78, 5) is 49.1. The number of nitro groups is 1. The summed E-state index contributed by atoms with van der Waals surface area (Å²) in [7, 11) is 0. The van der Waals surface area contributed by atoms with E-state index in [2.05, 4.69) is 37.2 Å². The molecule has 0 saturated carbocycles. The second-order valence-corrected chi connectivity index (χ2v) is 10.1. The lowest BCUT2D eigenvalue weighted by Gasteiger charge is -2.26. The number of rotatable bonds is 6. The Morgan fingerprint density at radius 3 is 2.22 bits per heavy atom. The molecule has 1 N–H and O–H groups in total. The molecule has 1 fully saturated rings. The Labute approximate surface area is 236 Å². The lowest BCUT2D eigenvalue weighted by atomic mass is 10.1. The van der Waals surface area contributed by atoms with Crippen LogP contribution in [0.25, 0.3) is 6.08 Å². The number of imide groups is 2. The molecule has 0 radical (unpaired) electrons. The normalized spacial score (nSPS) is 14.6. The first kappa shape index (κ1) is 26.8. The van der Waals surface area contributed by atoms with Gasteiger partial charge in [-0.2, -0.15) is 0 Å². The first-order valence-electron chi connectivity index (χ1n) is 10.3. The standard InChI is InChI=1S/C24H13Br2Cl2N3O6/c25-17-8-13(9-18(26)21(17)37-11-12-1-3-14(4-2-12)31(35)36)7-16-22(32)29-24(34)30(23(16)33)15-5-6-19(27)20(28)10-15/h1-10H,11H2,(H,29,32,34)/b16-7+. The quantitative estimate of drug-likeness (QED) is 0.136. The summed E-state index contributed by atoms with van der Waals surface area (Å²) in [6, 6.07) is 12.5. The third-order valence-electron chi connectivity index (χ3n) is 5.13. The van der Waals surface area contributed by atoms with Crippen LogP contribution < -0.4 is 15.0 Å². The summed E-state index contributed by atoms with van der Waals surface area (Å²) in [5.74, 6) is -1.25. The van der Waals surface area contributed by atoms with Crippen LogP contribution >= 0.6 is 55.1 Å². The molecule has 188 valence electrons. The van der Waals surface area contributed by atoms with Gasteiger partial charge < -0.3 is 4.74 Å². The van der Waals surface area contributed by atoms with E-state index in [-0.39, 0.29) is 33.6 Å². The van der Waals surface area contributed by atoms with Gasteiger partial charge in [-0.05, 0) is 91.5 Å². The second-order valence-electron chi connectivity index (χ2n) is 7.58. The zero-order valence-corrected chi connectivity index (χ0v) is 23.0. The fraction of sp³-hybridized carbons (Fsp3) is 0.0417. The maximum Gasteiger partial charge on any atom is 0.335 e. The van der Waals surface area contributed by atoms with Crippen molar-refractivity contribution in [2.45, 2.75) is 6.61 Å². The number of carbonyl (C=O) groups is 3. The number of carbonyl (C=O) groups excluding carboxylic acids is 3. The molecule has 9 nitrogen and oxygen atoms in total. The van der Waals surface area contributed by atoms with E-state index in [1.165, 1.54) is 36.4 Å². The first-order valence-corrected chi connectivity index (χ1v) is 12.6. The van der Waals surface area contributed by atoms with Crippen molar-refractivity contribution in [2.75, 3.05) is 4.90 Å². The van der Waals surface area contributed by atoms with Gasteiger partial charge in [0.2, 0.25) is 0 Å². The van der Waals surface area contributed by atoms with E-state index in [1.807, 2.05) is 0 Å². The minimum Gasteiger partial charge on any atom is -0.487 e. The van der Waals surface area contributed by atoms with E-state index in [0.29, 0.717) is 25.8 Å². The van der Waals surface area contributed by atoms with Gasteiger partial charge in [-0.3, -0.25) is 25.0 Å². The molecule has 0 bridgehead atoms. The highest BCUT2D eigenvalue weighted by Gasteiger charge is 2.37. The van der Waals surface area contributed by atoms with E-state index in [9.17, 15) is 24.5 Å². The van der Waals surface area contributed by atoms with E-state index >= 15 is 0 Å². The predicted octanol–water partition coefficient (Wildman–Crippen LogP) is 6.67. The van der Waals surface area contributed by atoms with Crippen molar-refractivity contribution in [1.29, 1.82) is 0 Å². The molecule has 1 aliphatic heterocycles. The molecule has 4 rings (SSSR count). The third-order valence-corrected chi connectivity index (χ3v) is 7.04. The van der Waals surface area contributed by atoms with Crippen molar-refractivity contribution in [2.24, 2.45) is 0 Å². The number of barbiturate groups is 1. The number of benzene rings is 3. The Morgan fingerprint density at radius 1 is 0.973 bits per heavy atom. The number of nitro benzene ring substituents is 1. The van der Waals surface area contributed by atoms with Crippen molar-refractivity contribution >= 4 is 90.4 Å². The van der Waals surface area contributed by atoms with Crippen LogP contribution in [0, 0.1) is 10.1 Å². The average molecular weight is 670 g/mol. The minimum absolute atomic E-state index is 0.0239. The van der Waals surface area contributed by atoms with Crippen molar-refractivity contribution in [1.82, 2.24) is 5.32 Å². The number of nitrogens with one attached hydrogen (secondary N) is 1. The molecule has 0 aromatic heterocycles. The summed E-state index contributed by atoms with van der Waals surface area (Å²) in [6.45, 7) is 0.136. The van der Waals surface area contributed by atoms with Crippen LogP contribution in [-0.2, 0) is 16.2 Å². The van der Waals surface area contributed by atoms with E-state index in [0.717, 1.165) is 4.90 Å². The largest absolute Gasteiger partial charge is 0.487 e. The highest BCUT2D eigenvalue weighted by atomic mass is 79.9. The predicted molar refractivity (Wildman–Crippen MR) is 145 cm³/mol. The highest BCUT2D eigenvalue weighted by molar-refractivity contribution is 9.11. The zero-order chi connectivity index (χ0) is 26.9. The molecular formula is C24H13Br2Cl2N3O6. The van der Waals surface area contributed by atoms with Crippen LogP contribution in [0.4, 0.5) is 16.2 Å². The van der Waals surface area contributed by atoms with Gasteiger partial charge in [0, 0.05) is 12.1 Å². The Kier molecular flexibility index (Phi) is 7.98. The number of anilines is 1. The van der Waals surface area contributed by atoms with Crippen LogP contribution in [0.2, 0.25) is 10.0 Å². The molecule has 3 aromatic carbocycles. The number of urea groups is 1. The third kappa shape index (κ3) is 5.85. The molecule has 3 aromatic rings. The molecular weight excluding hydrogens is 657 g/mol. The molecule has 4 amide bonds. The lowest BCUT2D eigenvalue weighted by molar-refractivity contribution is -0.384. The maximum absolute atomic E-state index is 13.1. The van der Waals surface area contributed by atoms with Crippen LogP contribution in [0.15, 0.2) is 69.1 Å². The maximum atomic E-state index is 13.1. The Hall–Kier alpha value is -3.25. The van der Waals surface area contributed by atoms with Gasteiger partial charge in [-0.15, -0.1) is 0 Å². The number of amides is 4. The van der Waals surface area contributed by atoms with Crippen molar-refractivity contribution in [3.05, 3.63) is 100 Å². The molecule has 1 aliphatic rings. The summed E-state index contributed by atoms with van der Waals surface area (Å²) in [6.07, 6.45) is 1.34. The Bertz CT molecular complexity index is 1470. The molecule has 37 heavy (non-hydrogen) atoms. The van der Waals surface area contributed by atoms with Gasteiger partial charge in [0.25, 0.3) is 17.5 Å². The smallest absolute Gasteiger partial charge is 0.335 e.